The van der Waals surface area contributed by atoms with Crippen molar-refractivity contribution >= 4 is 23.9 Å². The highest BCUT2D eigenvalue weighted by Gasteiger charge is 2.51. The van der Waals surface area contributed by atoms with Gasteiger partial charge in [-0.15, -0.1) is 6.58 Å². The number of carbonyl (C=O) groups excluding carboxylic acids is 4. The topological polar surface area (TPSA) is 114 Å². The van der Waals surface area contributed by atoms with Gasteiger partial charge < -0.3 is 23.7 Å². The maximum absolute atomic E-state index is 11.6. The van der Waals surface area contributed by atoms with E-state index in [4.69, 9.17) is 23.7 Å². The zero-order valence-corrected chi connectivity index (χ0v) is 15.3. The van der Waals surface area contributed by atoms with Crippen LogP contribution in [-0.2, 0) is 42.9 Å². The van der Waals surface area contributed by atoms with Crippen LogP contribution >= 0.6 is 0 Å². The van der Waals surface area contributed by atoms with Gasteiger partial charge >= 0.3 is 23.9 Å². The van der Waals surface area contributed by atoms with Gasteiger partial charge in [0, 0.05) is 27.7 Å². The third kappa shape index (κ3) is 6.47. The van der Waals surface area contributed by atoms with Crippen LogP contribution in [0.25, 0.3) is 0 Å². The molecule has 0 aliphatic carbocycles. The minimum absolute atomic E-state index is 0.231. The molecule has 146 valence electrons. The number of esters is 4. The summed E-state index contributed by atoms with van der Waals surface area (Å²) >= 11 is 0. The van der Waals surface area contributed by atoms with Crippen molar-refractivity contribution in [2.24, 2.45) is 0 Å². The lowest BCUT2D eigenvalue weighted by molar-refractivity contribution is -0.251. The molecule has 1 rings (SSSR count). The van der Waals surface area contributed by atoms with Crippen LogP contribution in [0.3, 0.4) is 0 Å². The molecule has 0 spiro atoms. The van der Waals surface area contributed by atoms with E-state index in [-0.39, 0.29) is 13.0 Å². The van der Waals surface area contributed by atoms with Crippen LogP contribution in [-0.4, -0.2) is 61.0 Å². The number of carbonyl (C=O) groups is 4. The van der Waals surface area contributed by atoms with Crippen LogP contribution in [0.1, 0.15) is 34.1 Å². The summed E-state index contributed by atoms with van der Waals surface area (Å²) in [6.07, 6.45) is -3.11. The first-order valence-electron chi connectivity index (χ1n) is 8.07. The molecule has 1 fully saturated rings. The van der Waals surface area contributed by atoms with E-state index >= 15 is 0 Å². The van der Waals surface area contributed by atoms with Crippen LogP contribution in [0, 0.1) is 0 Å². The third-order valence-electron chi connectivity index (χ3n) is 3.49. The van der Waals surface area contributed by atoms with Gasteiger partial charge in [-0.1, -0.05) is 6.08 Å². The summed E-state index contributed by atoms with van der Waals surface area (Å²) in [5.41, 5.74) is 0. The highest BCUT2D eigenvalue weighted by molar-refractivity contribution is 5.68. The van der Waals surface area contributed by atoms with Crippen LogP contribution in [0.2, 0.25) is 0 Å². The largest absolute Gasteiger partial charge is 0.463 e. The molecular weight excluding hydrogens is 348 g/mol. The summed E-state index contributed by atoms with van der Waals surface area (Å²) < 4.78 is 26.6. The number of rotatable bonds is 7. The first-order chi connectivity index (χ1) is 12.1. The Balaban J connectivity index is 3.24. The van der Waals surface area contributed by atoms with Gasteiger partial charge in [-0.2, -0.15) is 0 Å². The van der Waals surface area contributed by atoms with Crippen molar-refractivity contribution in [3.8, 4) is 0 Å². The standard InChI is InChI=1S/C17H24O9/c1-6-7-13-15(23-10(3)19)17(25-12(5)21)16(24-11(4)20)14(26-13)8-22-9(2)18/h6,13-17H,1,7-8H2,2-5H3/t13?,14?,15?,16-,17+/m0/s1. The van der Waals surface area contributed by atoms with Crippen molar-refractivity contribution in [3.63, 3.8) is 0 Å². The number of hydrogen-bond donors (Lipinski definition) is 0. The Labute approximate surface area is 151 Å². The molecule has 0 aromatic carbocycles. The lowest BCUT2D eigenvalue weighted by Gasteiger charge is -2.44. The summed E-state index contributed by atoms with van der Waals surface area (Å²) in [7, 11) is 0. The first kappa shape index (κ1) is 21.6. The molecule has 0 bridgehead atoms. The average Bonchev–Trinajstić information content (AvgIpc) is 2.50. The van der Waals surface area contributed by atoms with Gasteiger partial charge in [-0.25, -0.2) is 0 Å². The Morgan fingerprint density at radius 3 is 1.69 bits per heavy atom. The smallest absolute Gasteiger partial charge is 0.303 e. The Morgan fingerprint density at radius 2 is 1.27 bits per heavy atom. The van der Waals surface area contributed by atoms with Crippen LogP contribution < -0.4 is 0 Å². The maximum atomic E-state index is 11.6. The third-order valence-corrected chi connectivity index (χ3v) is 3.49. The lowest BCUT2D eigenvalue weighted by atomic mass is 9.92. The molecule has 0 aromatic heterocycles. The molecule has 26 heavy (non-hydrogen) atoms. The highest BCUT2D eigenvalue weighted by atomic mass is 16.7. The zero-order chi connectivity index (χ0) is 19.9. The van der Waals surface area contributed by atoms with Crippen LogP contribution in [0.15, 0.2) is 12.7 Å². The molecule has 1 heterocycles. The molecule has 3 unspecified atom stereocenters. The molecule has 1 aliphatic rings. The Hall–Kier alpha value is -2.42. The average molecular weight is 372 g/mol. The number of ether oxygens (including phenoxy) is 5. The first-order valence-corrected chi connectivity index (χ1v) is 8.07. The van der Waals surface area contributed by atoms with Gasteiger partial charge in [0.05, 0.1) is 0 Å². The fourth-order valence-corrected chi connectivity index (χ4v) is 2.67. The predicted octanol–water partition coefficient (Wildman–Crippen LogP) is 0.688. The summed E-state index contributed by atoms with van der Waals surface area (Å²) in [6, 6.07) is 0. The maximum Gasteiger partial charge on any atom is 0.303 e. The number of hydrogen-bond acceptors (Lipinski definition) is 9. The molecule has 9 nitrogen and oxygen atoms in total. The van der Waals surface area contributed by atoms with E-state index in [0.717, 1.165) is 0 Å². The van der Waals surface area contributed by atoms with Gasteiger partial charge in [-0.05, 0) is 6.42 Å². The van der Waals surface area contributed by atoms with Crippen molar-refractivity contribution in [1.29, 1.82) is 0 Å². The fraction of sp³-hybridized carbons (Fsp3) is 0.647. The molecule has 1 aliphatic heterocycles. The van der Waals surface area contributed by atoms with Crippen LogP contribution in [0.5, 0.6) is 0 Å². The van der Waals surface area contributed by atoms with E-state index in [9.17, 15) is 19.2 Å². The minimum atomic E-state index is -1.13. The Kier molecular flexibility index (Phi) is 8.24. The van der Waals surface area contributed by atoms with Gasteiger partial charge in [-0.3, -0.25) is 19.2 Å². The Morgan fingerprint density at radius 1 is 0.808 bits per heavy atom. The predicted molar refractivity (Wildman–Crippen MR) is 86.8 cm³/mol. The molecule has 5 atom stereocenters. The Bertz CT molecular complexity index is 556. The molecule has 1 saturated heterocycles. The molecular formula is C17H24O9. The molecule has 0 amide bonds. The molecule has 9 heteroatoms. The SMILES string of the molecule is C=CCC1OC(COC(C)=O)[C@H](OC(C)=O)[C@H](OC(C)=O)C1OC(C)=O. The van der Waals surface area contributed by atoms with Crippen molar-refractivity contribution in [1.82, 2.24) is 0 Å². The van der Waals surface area contributed by atoms with Gasteiger partial charge in [0.25, 0.3) is 0 Å². The normalized spacial score (nSPS) is 27.8. The highest BCUT2D eigenvalue weighted by Crippen LogP contribution is 2.30. The summed E-state index contributed by atoms with van der Waals surface area (Å²) in [4.78, 5) is 45.7. The quantitative estimate of drug-likeness (QED) is 0.361. The van der Waals surface area contributed by atoms with Crippen molar-refractivity contribution < 1.29 is 42.9 Å². The summed E-state index contributed by atoms with van der Waals surface area (Å²) in [5, 5.41) is 0. The lowest BCUT2D eigenvalue weighted by Crippen LogP contribution is -2.62. The monoisotopic (exact) mass is 372 g/mol. The van der Waals surface area contributed by atoms with Gasteiger partial charge in [0.2, 0.25) is 0 Å². The minimum Gasteiger partial charge on any atom is -0.463 e. The van der Waals surface area contributed by atoms with E-state index in [1.54, 1.807) is 6.08 Å². The summed E-state index contributed by atoms with van der Waals surface area (Å²) in [6.45, 7) is 8.15. The van der Waals surface area contributed by atoms with E-state index in [0.29, 0.717) is 0 Å². The second kappa shape index (κ2) is 9.91. The van der Waals surface area contributed by atoms with E-state index in [2.05, 4.69) is 6.58 Å². The molecule has 0 saturated carbocycles. The fourth-order valence-electron chi connectivity index (χ4n) is 2.67. The zero-order valence-electron chi connectivity index (χ0n) is 15.3. The van der Waals surface area contributed by atoms with Gasteiger partial charge in [0.1, 0.15) is 18.8 Å². The van der Waals surface area contributed by atoms with Crippen molar-refractivity contribution in [2.45, 2.75) is 64.6 Å². The second-order valence-electron chi connectivity index (χ2n) is 5.76. The van der Waals surface area contributed by atoms with Crippen molar-refractivity contribution in [3.05, 3.63) is 12.7 Å². The molecule has 0 aromatic rings. The van der Waals surface area contributed by atoms with E-state index in [1.807, 2.05) is 0 Å². The van der Waals surface area contributed by atoms with Gasteiger partial charge in [0.15, 0.2) is 18.3 Å². The molecule has 0 N–H and O–H groups in total. The van der Waals surface area contributed by atoms with Crippen molar-refractivity contribution in [2.75, 3.05) is 6.61 Å². The van der Waals surface area contributed by atoms with E-state index < -0.39 is 54.4 Å². The van der Waals surface area contributed by atoms with E-state index in [1.165, 1.54) is 27.7 Å². The summed E-state index contributed by atoms with van der Waals surface area (Å²) in [5.74, 6) is -2.49. The van der Waals surface area contributed by atoms with Crippen LogP contribution in [0.4, 0.5) is 0 Å². The molecule has 0 radical (unpaired) electrons. The second-order valence-corrected chi connectivity index (χ2v) is 5.76.